The van der Waals surface area contributed by atoms with Gasteiger partial charge in [-0.15, -0.1) is 6.58 Å². The van der Waals surface area contributed by atoms with Gasteiger partial charge in [-0.25, -0.2) is 13.1 Å². The second-order valence-corrected chi connectivity index (χ2v) is 8.04. The van der Waals surface area contributed by atoms with Crippen molar-refractivity contribution in [2.75, 3.05) is 11.9 Å². The van der Waals surface area contributed by atoms with Crippen molar-refractivity contribution < 1.29 is 13.2 Å². The van der Waals surface area contributed by atoms with Crippen LogP contribution in [0.5, 0.6) is 0 Å². The second kappa shape index (κ2) is 7.85. The second-order valence-electron chi connectivity index (χ2n) is 6.27. The number of aryl methyl sites for hydroxylation is 1. The van der Waals surface area contributed by atoms with Gasteiger partial charge in [0, 0.05) is 17.8 Å². The Balaban J connectivity index is 1.76. The number of rotatable bonds is 6. The van der Waals surface area contributed by atoms with Crippen molar-refractivity contribution in [2.45, 2.75) is 30.6 Å². The van der Waals surface area contributed by atoms with E-state index in [1.54, 1.807) is 0 Å². The normalized spacial score (nSPS) is 13.7. The number of anilines is 1. The van der Waals surface area contributed by atoms with Crippen molar-refractivity contribution in [3.8, 4) is 0 Å². The van der Waals surface area contributed by atoms with Crippen LogP contribution in [-0.4, -0.2) is 20.9 Å². The van der Waals surface area contributed by atoms with Gasteiger partial charge in [0.25, 0.3) is 5.91 Å². The van der Waals surface area contributed by atoms with Crippen LogP contribution in [0.2, 0.25) is 0 Å². The topological polar surface area (TPSA) is 75.3 Å². The first-order valence-corrected chi connectivity index (χ1v) is 10.1. The molecule has 3 rings (SSSR count). The molecule has 1 aliphatic carbocycles. The molecule has 0 fully saturated rings. The van der Waals surface area contributed by atoms with E-state index in [0.717, 1.165) is 24.9 Å². The van der Waals surface area contributed by atoms with Crippen LogP contribution in [0.3, 0.4) is 0 Å². The van der Waals surface area contributed by atoms with Gasteiger partial charge < -0.3 is 5.32 Å². The van der Waals surface area contributed by atoms with E-state index in [1.807, 2.05) is 12.1 Å². The maximum absolute atomic E-state index is 12.5. The molecule has 0 saturated heterocycles. The first kappa shape index (κ1) is 18.4. The quantitative estimate of drug-likeness (QED) is 0.766. The molecular weight excluding hydrogens is 348 g/mol. The van der Waals surface area contributed by atoms with Crippen LogP contribution in [0.4, 0.5) is 5.69 Å². The number of sulfonamides is 1. The third kappa shape index (κ3) is 4.03. The number of amides is 1. The fourth-order valence-corrected chi connectivity index (χ4v) is 4.13. The van der Waals surface area contributed by atoms with Crippen LogP contribution < -0.4 is 10.0 Å². The molecule has 2 aromatic rings. The predicted molar refractivity (Wildman–Crippen MR) is 103 cm³/mol. The van der Waals surface area contributed by atoms with Crippen molar-refractivity contribution in [3.63, 3.8) is 0 Å². The molecule has 0 spiro atoms. The Hall–Kier alpha value is -2.44. The van der Waals surface area contributed by atoms with Gasteiger partial charge >= 0.3 is 0 Å². The van der Waals surface area contributed by atoms with Crippen molar-refractivity contribution in [3.05, 3.63) is 71.8 Å². The molecule has 2 N–H and O–H groups in total. The molecule has 0 unspecified atom stereocenters. The molecule has 0 aromatic heterocycles. The van der Waals surface area contributed by atoms with E-state index in [2.05, 4.69) is 22.7 Å². The molecular formula is C20H22N2O3S. The summed E-state index contributed by atoms with van der Waals surface area (Å²) in [6.45, 7) is 3.64. The third-order valence-electron chi connectivity index (χ3n) is 4.49. The smallest absolute Gasteiger partial charge is 0.255 e. The molecule has 5 nitrogen and oxygen atoms in total. The molecule has 26 heavy (non-hydrogen) atoms. The molecule has 0 saturated carbocycles. The minimum Gasteiger partial charge on any atom is -0.322 e. The van der Waals surface area contributed by atoms with E-state index < -0.39 is 10.0 Å². The summed E-state index contributed by atoms with van der Waals surface area (Å²) >= 11 is 0. The lowest BCUT2D eigenvalue weighted by atomic mass is 9.90. The van der Waals surface area contributed by atoms with E-state index >= 15 is 0 Å². The van der Waals surface area contributed by atoms with Gasteiger partial charge in [-0.1, -0.05) is 18.2 Å². The number of benzene rings is 2. The maximum atomic E-state index is 12.5. The zero-order valence-electron chi connectivity index (χ0n) is 14.5. The summed E-state index contributed by atoms with van der Waals surface area (Å²) in [4.78, 5) is 12.7. The lowest BCUT2D eigenvalue weighted by molar-refractivity contribution is 0.102. The molecule has 0 atom stereocenters. The molecule has 136 valence electrons. The number of hydrogen-bond donors (Lipinski definition) is 2. The Bertz CT molecular complexity index is 919. The maximum Gasteiger partial charge on any atom is 0.255 e. The average Bonchev–Trinajstić information content (AvgIpc) is 2.67. The van der Waals surface area contributed by atoms with Crippen LogP contribution in [0.1, 0.15) is 34.3 Å². The van der Waals surface area contributed by atoms with E-state index in [9.17, 15) is 13.2 Å². The molecule has 0 bridgehead atoms. The van der Waals surface area contributed by atoms with Crippen molar-refractivity contribution in [1.82, 2.24) is 4.72 Å². The van der Waals surface area contributed by atoms with Crippen LogP contribution in [0, 0.1) is 0 Å². The van der Waals surface area contributed by atoms with E-state index in [-0.39, 0.29) is 17.3 Å². The van der Waals surface area contributed by atoms with Gasteiger partial charge in [-0.3, -0.25) is 4.79 Å². The van der Waals surface area contributed by atoms with Gasteiger partial charge in [0.15, 0.2) is 0 Å². The van der Waals surface area contributed by atoms with Crippen LogP contribution in [0.25, 0.3) is 0 Å². The largest absolute Gasteiger partial charge is 0.322 e. The first-order valence-electron chi connectivity index (χ1n) is 8.64. The van der Waals surface area contributed by atoms with Crippen molar-refractivity contribution >= 4 is 21.6 Å². The van der Waals surface area contributed by atoms with Gasteiger partial charge in [0.2, 0.25) is 10.0 Å². The zero-order valence-corrected chi connectivity index (χ0v) is 15.3. The number of carbonyl (C=O) groups is 1. The van der Waals surface area contributed by atoms with Gasteiger partial charge in [0.05, 0.1) is 4.90 Å². The minimum atomic E-state index is -3.59. The Morgan fingerprint density at radius 2 is 1.81 bits per heavy atom. The molecule has 1 aliphatic rings. The van der Waals surface area contributed by atoms with E-state index in [1.165, 1.54) is 47.9 Å². The first-order chi connectivity index (χ1) is 12.5. The predicted octanol–water partition coefficient (Wildman–Crippen LogP) is 3.28. The summed E-state index contributed by atoms with van der Waals surface area (Å²) in [5.74, 6) is -0.244. The van der Waals surface area contributed by atoms with Gasteiger partial charge in [-0.2, -0.15) is 0 Å². The standard InChI is InChI=1S/C20H22N2O3S/c1-2-14-21-26(24,25)17-12-10-16(11-13-17)20(23)22-19-9-5-7-15-6-3-4-8-18(15)19/h2,5,7,9-13,21H,1,3-4,6,8,14H2,(H,22,23). The van der Waals surface area contributed by atoms with E-state index in [0.29, 0.717) is 5.56 Å². The molecule has 6 heteroatoms. The average molecular weight is 370 g/mol. The van der Waals surface area contributed by atoms with Crippen LogP contribution in [0.15, 0.2) is 60.0 Å². The summed E-state index contributed by atoms with van der Waals surface area (Å²) in [6.07, 6.45) is 5.80. The Morgan fingerprint density at radius 3 is 2.54 bits per heavy atom. The summed E-state index contributed by atoms with van der Waals surface area (Å²) in [6, 6.07) is 11.9. The summed E-state index contributed by atoms with van der Waals surface area (Å²) in [5.41, 5.74) is 3.77. The molecule has 2 aromatic carbocycles. The molecule has 0 aliphatic heterocycles. The summed E-state index contributed by atoms with van der Waals surface area (Å²) < 4.78 is 26.5. The molecule has 0 heterocycles. The summed E-state index contributed by atoms with van der Waals surface area (Å²) in [7, 11) is -3.59. The monoisotopic (exact) mass is 370 g/mol. The molecule has 0 radical (unpaired) electrons. The highest BCUT2D eigenvalue weighted by molar-refractivity contribution is 7.89. The lowest BCUT2D eigenvalue weighted by Crippen LogP contribution is -2.23. The fourth-order valence-electron chi connectivity index (χ4n) is 3.13. The van der Waals surface area contributed by atoms with Gasteiger partial charge in [0.1, 0.15) is 0 Å². The Morgan fingerprint density at radius 1 is 1.08 bits per heavy atom. The minimum absolute atomic E-state index is 0.119. The van der Waals surface area contributed by atoms with Crippen molar-refractivity contribution in [2.24, 2.45) is 0 Å². The summed E-state index contributed by atoms with van der Waals surface area (Å²) in [5, 5.41) is 2.96. The Labute approximate surface area is 154 Å². The highest BCUT2D eigenvalue weighted by Crippen LogP contribution is 2.28. The third-order valence-corrected chi connectivity index (χ3v) is 5.93. The zero-order chi connectivity index (χ0) is 18.6. The molecule has 1 amide bonds. The number of carbonyl (C=O) groups excluding carboxylic acids is 1. The van der Waals surface area contributed by atoms with Gasteiger partial charge in [-0.05, 0) is 67.1 Å². The lowest BCUT2D eigenvalue weighted by Gasteiger charge is -2.19. The highest BCUT2D eigenvalue weighted by atomic mass is 32.2. The number of nitrogens with one attached hydrogen (secondary N) is 2. The number of fused-ring (bicyclic) bond motifs is 1. The fraction of sp³-hybridized carbons (Fsp3) is 0.250. The van der Waals surface area contributed by atoms with Crippen LogP contribution in [-0.2, 0) is 22.9 Å². The van der Waals surface area contributed by atoms with Crippen LogP contribution >= 0.6 is 0 Å². The number of hydrogen-bond acceptors (Lipinski definition) is 3. The van der Waals surface area contributed by atoms with Crippen molar-refractivity contribution in [1.29, 1.82) is 0 Å². The van der Waals surface area contributed by atoms with E-state index in [4.69, 9.17) is 0 Å². The SMILES string of the molecule is C=CCNS(=O)(=O)c1ccc(C(=O)Nc2cccc3c2CCCC3)cc1. The Kier molecular flexibility index (Phi) is 5.54. The highest BCUT2D eigenvalue weighted by Gasteiger charge is 2.17.